The Bertz CT molecular complexity index is 560. The minimum Gasteiger partial charge on any atom is -0.496 e. The van der Waals surface area contributed by atoms with Gasteiger partial charge in [-0.1, -0.05) is 18.2 Å². The van der Waals surface area contributed by atoms with E-state index in [4.69, 9.17) is 10.00 Å². The van der Waals surface area contributed by atoms with Gasteiger partial charge in [0.2, 0.25) is 5.95 Å². The van der Waals surface area contributed by atoms with Gasteiger partial charge >= 0.3 is 0 Å². The number of benzene rings is 1. The lowest BCUT2D eigenvalue weighted by Gasteiger charge is -2.08. The van der Waals surface area contributed by atoms with Crippen molar-refractivity contribution in [2.45, 2.75) is 0 Å². The third-order valence-corrected chi connectivity index (χ3v) is 2.40. The van der Waals surface area contributed by atoms with Crippen molar-refractivity contribution >= 4 is 5.95 Å². The largest absolute Gasteiger partial charge is 0.496 e. The van der Waals surface area contributed by atoms with Crippen LogP contribution >= 0.6 is 0 Å². The molecule has 0 unspecified atom stereocenters. The second-order valence-corrected chi connectivity index (χ2v) is 3.51. The van der Waals surface area contributed by atoms with Crippen molar-refractivity contribution in [3.05, 3.63) is 36.7 Å². The molecule has 18 heavy (non-hydrogen) atoms. The maximum atomic E-state index is 8.44. The van der Waals surface area contributed by atoms with Gasteiger partial charge in [0, 0.05) is 23.5 Å². The number of nitrogens with zero attached hydrogens (tertiary/aromatic N) is 3. The number of anilines is 1. The molecular weight excluding hydrogens is 228 g/mol. The molecule has 1 aromatic heterocycles. The first-order chi connectivity index (χ1) is 8.85. The van der Waals surface area contributed by atoms with E-state index in [1.807, 2.05) is 30.3 Å². The highest BCUT2D eigenvalue weighted by molar-refractivity contribution is 5.69. The lowest BCUT2D eigenvalue weighted by atomic mass is 10.1. The fourth-order valence-corrected chi connectivity index (χ4v) is 1.56. The third kappa shape index (κ3) is 2.55. The van der Waals surface area contributed by atoms with E-state index < -0.39 is 0 Å². The van der Waals surface area contributed by atoms with E-state index in [0.717, 1.165) is 16.9 Å². The fourth-order valence-electron chi connectivity index (χ4n) is 1.56. The molecule has 2 rings (SSSR count). The zero-order valence-corrected chi connectivity index (χ0v) is 9.92. The maximum absolute atomic E-state index is 8.44. The smallest absolute Gasteiger partial charge is 0.223 e. The quantitative estimate of drug-likeness (QED) is 0.828. The van der Waals surface area contributed by atoms with Crippen molar-refractivity contribution in [1.82, 2.24) is 9.97 Å². The van der Waals surface area contributed by atoms with Crippen LogP contribution in [0.4, 0.5) is 5.95 Å². The van der Waals surface area contributed by atoms with E-state index in [2.05, 4.69) is 15.3 Å². The predicted octanol–water partition coefficient (Wildman–Crippen LogP) is 2.09. The highest BCUT2D eigenvalue weighted by Gasteiger charge is 2.05. The molecule has 1 N–H and O–H groups in total. The average molecular weight is 240 g/mol. The molecule has 0 saturated carbocycles. The van der Waals surface area contributed by atoms with Crippen LogP contribution in [0.1, 0.15) is 0 Å². The van der Waals surface area contributed by atoms with Crippen LogP contribution in [0, 0.1) is 11.3 Å². The van der Waals surface area contributed by atoms with E-state index in [-0.39, 0.29) is 6.54 Å². The average Bonchev–Trinajstić information content (AvgIpc) is 2.45. The van der Waals surface area contributed by atoms with Gasteiger partial charge in [-0.05, 0) is 6.07 Å². The van der Waals surface area contributed by atoms with Gasteiger partial charge in [-0.2, -0.15) is 5.26 Å². The Morgan fingerprint density at radius 2 is 2.00 bits per heavy atom. The van der Waals surface area contributed by atoms with E-state index in [9.17, 15) is 0 Å². The molecular formula is C13H12N4O. The zero-order valence-electron chi connectivity index (χ0n) is 9.92. The molecule has 1 heterocycles. The van der Waals surface area contributed by atoms with Crippen LogP contribution in [0.25, 0.3) is 11.1 Å². The maximum Gasteiger partial charge on any atom is 0.223 e. The summed E-state index contributed by atoms with van der Waals surface area (Å²) in [5, 5.41) is 11.2. The van der Waals surface area contributed by atoms with Crippen LogP contribution < -0.4 is 10.1 Å². The van der Waals surface area contributed by atoms with Gasteiger partial charge in [-0.25, -0.2) is 9.97 Å². The van der Waals surface area contributed by atoms with E-state index in [0.29, 0.717) is 5.95 Å². The third-order valence-electron chi connectivity index (χ3n) is 2.40. The molecule has 0 fully saturated rings. The second-order valence-electron chi connectivity index (χ2n) is 3.51. The van der Waals surface area contributed by atoms with Crippen LogP contribution in [0.5, 0.6) is 5.75 Å². The first-order valence-electron chi connectivity index (χ1n) is 5.41. The van der Waals surface area contributed by atoms with Gasteiger partial charge in [0.1, 0.15) is 12.3 Å². The van der Waals surface area contributed by atoms with E-state index >= 15 is 0 Å². The van der Waals surface area contributed by atoms with Crippen LogP contribution in [0.15, 0.2) is 36.7 Å². The summed E-state index contributed by atoms with van der Waals surface area (Å²) in [5.74, 6) is 1.22. The summed E-state index contributed by atoms with van der Waals surface area (Å²) in [7, 11) is 1.63. The van der Waals surface area contributed by atoms with Crippen LogP contribution in [0.3, 0.4) is 0 Å². The normalized spacial score (nSPS) is 9.56. The van der Waals surface area contributed by atoms with E-state index in [1.165, 1.54) is 0 Å². The van der Waals surface area contributed by atoms with Crippen molar-refractivity contribution in [2.75, 3.05) is 19.0 Å². The van der Waals surface area contributed by atoms with Crippen molar-refractivity contribution in [3.63, 3.8) is 0 Å². The minimum atomic E-state index is 0.188. The molecule has 5 nitrogen and oxygen atoms in total. The number of para-hydroxylation sites is 1. The molecule has 0 radical (unpaired) electrons. The number of aromatic nitrogens is 2. The Hall–Kier alpha value is -2.61. The number of methoxy groups -OCH3 is 1. The molecule has 0 atom stereocenters. The molecule has 0 aliphatic heterocycles. The minimum absolute atomic E-state index is 0.188. The van der Waals surface area contributed by atoms with Crippen LogP contribution in [0.2, 0.25) is 0 Å². The van der Waals surface area contributed by atoms with Crippen molar-refractivity contribution in [3.8, 4) is 22.9 Å². The molecule has 2 aromatic rings. The first kappa shape index (κ1) is 11.9. The van der Waals surface area contributed by atoms with Gasteiger partial charge in [-0.3, -0.25) is 0 Å². The Morgan fingerprint density at radius 1 is 1.28 bits per heavy atom. The topological polar surface area (TPSA) is 70.8 Å². The Labute approximate surface area is 105 Å². The highest BCUT2D eigenvalue weighted by atomic mass is 16.5. The fraction of sp³-hybridized carbons (Fsp3) is 0.154. The molecule has 0 saturated heterocycles. The van der Waals surface area contributed by atoms with Crippen molar-refractivity contribution in [2.24, 2.45) is 0 Å². The summed E-state index contributed by atoms with van der Waals surface area (Å²) in [4.78, 5) is 8.28. The summed E-state index contributed by atoms with van der Waals surface area (Å²) < 4.78 is 5.28. The number of rotatable bonds is 4. The molecule has 0 spiro atoms. The van der Waals surface area contributed by atoms with Gasteiger partial charge in [0.25, 0.3) is 0 Å². The first-order valence-corrected chi connectivity index (χ1v) is 5.41. The molecule has 0 bridgehead atoms. The van der Waals surface area contributed by atoms with Crippen LogP contribution in [-0.2, 0) is 0 Å². The lowest BCUT2D eigenvalue weighted by Crippen LogP contribution is -2.02. The standard InChI is InChI=1S/C13H12N4O/c1-18-12-5-3-2-4-11(12)10-8-16-13(17-9-10)15-7-6-14/h2-5,8-9H,7H2,1H3,(H,15,16,17). The number of hydrogen-bond acceptors (Lipinski definition) is 5. The molecule has 0 aliphatic rings. The van der Waals surface area contributed by atoms with Crippen molar-refractivity contribution < 1.29 is 4.74 Å². The SMILES string of the molecule is COc1ccccc1-c1cnc(NCC#N)nc1. The summed E-state index contributed by atoms with van der Waals surface area (Å²) in [6, 6.07) is 9.64. The monoisotopic (exact) mass is 240 g/mol. The summed E-state index contributed by atoms with van der Waals surface area (Å²) in [6.45, 7) is 0.188. The zero-order chi connectivity index (χ0) is 12.8. The highest BCUT2D eigenvalue weighted by Crippen LogP contribution is 2.28. The van der Waals surface area contributed by atoms with Gasteiger partial charge in [0.15, 0.2) is 0 Å². The van der Waals surface area contributed by atoms with Gasteiger partial charge < -0.3 is 10.1 Å². The van der Waals surface area contributed by atoms with Crippen LogP contribution in [-0.4, -0.2) is 23.6 Å². The summed E-state index contributed by atoms with van der Waals surface area (Å²) in [5.41, 5.74) is 1.81. The summed E-state index contributed by atoms with van der Waals surface area (Å²) >= 11 is 0. The molecule has 0 aliphatic carbocycles. The van der Waals surface area contributed by atoms with Gasteiger partial charge in [-0.15, -0.1) is 0 Å². The molecule has 90 valence electrons. The Morgan fingerprint density at radius 3 is 2.67 bits per heavy atom. The Kier molecular flexibility index (Phi) is 3.72. The van der Waals surface area contributed by atoms with E-state index in [1.54, 1.807) is 19.5 Å². The van der Waals surface area contributed by atoms with Gasteiger partial charge in [0.05, 0.1) is 13.2 Å². The number of nitriles is 1. The number of nitrogens with one attached hydrogen (secondary N) is 1. The lowest BCUT2D eigenvalue weighted by molar-refractivity contribution is 0.416. The molecule has 0 amide bonds. The molecule has 1 aromatic carbocycles. The summed E-state index contributed by atoms with van der Waals surface area (Å²) in [6.07, 6.45) is 3.40. The second kappa shape index (κ2) is 5.64. The predicted molar refractivity (Wildman–Crippen MR) is 68.1 cm³/mol. The number of ether oxygens (including phenoxy) is 1. The Balaban J connectivity index is 2.26. The number of hydrogen-bond donors (Lipinski definition) is 1. The molecule has 5 heteroatoms. The van der Waals surface area contributed by atoms with Crippen molar-refractivity contribution in [1.29, 1.82) is 5.26 Å².